The third-order valence-electron chi connectivity index (χ3n) is 13.4. The number of para-hydroxylation sites is 1. The van der Waals surface area contributed by atoms with Crippen LogP contribution in [0, 0.1) is 24.2 Å². The van der Waals surface area contributed by atoms with Crippen molar-refractivity contribution in [2.24, 2.45) is 23.3 Å². The van der Waals surface area contributed by atoms with Gasteiger partial charge in [-0.05, 0) is 42.2 Å². The Morgan fingerprint density at radius 2 is 1.37 bits per heavy atom. The molecule has 6 heterocycles. The molecule has 1 aromatic carbocycles. The smallest absolute Gasteiger partial charge is 0.303 e. The van der Waals surface area contributed by atoms with Crippen molar-refractivity contribution in [3.05, 3.63) is 59.8 Å². The summed E-state index contributed by atoms with van der Waals surface area (Å²) < 4.78 is 19.7. The molecule has 4 aromatic heterocycles. The number of hydrogen-bond donors (Lipinski definition) is 5. The number of halogens is 1. The van der Waals surface area contributed by atoms with E-state index in [9.17, 15) is 19.5 Å². The number of benzene rings is 1. The van der Waals surface area contributed by atoms with Gasteiger partial charge in [-0.2, -0.15) is 15.0 Å². The molecule has 2 fully saturated rings. The van der Waals surface area contributed by atoms with Crippen molar-refractivity contribution in [2.45, 2.75) is 84.0 Å². The van der Waals surface area contributed by atoms with Gasteiger partial charge in [-0.1, -0.05) is 68.7 Å². The van der Waals surface area contributed by atoms with Gasteiger partial charge in [0.25, 0.3) is 0 Å². The molecule has 0 saturated carbocycles. The maximum atomic E-state index is 14.7. The van der Waals surface area contributed by atoms with Crippen molar-refractivity contribution in [3.63, 3.8) is 0 Å². The Bertz CT molecular complexity index is 2590. The lowest BCUT2D eigenvalue weighted by Gasteiger charge is -2.38. The molecule has 5 aromatic rings. The third kappa shape index (κ3) is 16.0. The van der Waals surface area contributed by atoms with Gasteiger partial charge in [-0.15, -0.1) is 29.0 Å². The Hall–Kier alpha value is -6.49. The number of piperazine rings is 2. The predicted molar refractivity (Wildman–Crippen MR) is 284 cm³/mol. The van der Waals surface area contributed by atoms with E-state index in [4.69, 9.17) is 47.1 Å². The number of carbonyl (C=O) groups excluding carboxylic acids is 2. The minimum Gasteiger partial charge on any atom is -0.481 e. The Balaban J connectivity index is 0.00000914. The fraction of sp³-hybridized carbons (Fsp3) is 0.600. The Kier molecular flexibility index (Phi) is 21.9. The summed E-state index contributed by atoms with van der Waals surface area (Å²) in [5.74, 6) is 2.77. The molecule has 2 unspecified atom stereocenters. The summed E-state index contributed by atoms with van der Waals surface area (Å²) in [6, 6.07) is 7.85. The van der Waals surface area contributed by atoms with E-state index in [1.165, 1.54) is 4.68 Å². The summed E-state index contributed by atoms with van der Waals surface area (Å²) in [4.78, 5) is 66.3. The van der Waals surface area contributed by atoms with Crippen molar-refractivity contribution < 1.29 is 33.7 Å². The number of ether oxygens (including phenoxy) is 3. The molecular formula is C50H74ClN17O7. The molecule has 24 nitrogen and oxygen atoms in total. The molecule has 0 radical (unpaired) electrons. The second-order valence-electron chi connectivity index (χ2n) is 19.2. The quantitative estimate of drug-likeness (QED) is 0.0355. The highest BCUT2D eigenvalue weighted by Crippen LogP contribution is 2.27. The number of aromatic amines is 1. The molecule has 25 heteroatoms. The molecule has 5 atom stereocenters. The Labute approximate surface area is 444 Å². The zero-order valence-corrected chi connectivity index (χ0v) is 44.3. The number of aromatic nitrogens is 10. The first-order chi connectivity index (χ1) is 35.8. The van der Waals surface area contributed by atoms with Gasteiger partial charge in [0.1, 0.15) is 18.7 Å². The highest BCUT2D eigenvalue weighted by molar-refractivity contribution is 5.85. The Morgan fingerprint density at radius 3 is 1.97 bits per heavy atom. The van der Waals surface area contributed by atoms with Gasteiger partial charge < -0.3 is 60.7 Å². The van der Waals surface area contributed by atoms with E-state index in [0.29, 0.717) is 140 Å². The molecule has 408 valence electrons. The Morgan fingerprint density at radius 1 is 0.800 bits per heavy atom. The van der Waals surface area contributed by atoms with Gasteiger partial charge >= 0.3 is 5.97 Å². The maximum absolute atomic E-state index is 14.7. The van der Waals surface area contributed by atoms with E-state index in [1.807, 2.05) is 45.2 Å². The monoisotopic (exact) mass is 1060 g/mol. The molecule has 7 rings (SSSR count). The normalized spacial score (nSPS) is 16.1. The summed E-state index contributed by atoms with van der Waals surface area (Å²) in [7, 11) is 0. The molecule has 2 aliphatic rings. The molecule has 2 amide bonds. The number of hydrogen-bond acceptors (Lipinski definition) is 18. The van der Waals surface area contributed by atoms with Crippen LogP contribution in [0.5, 0.6) is 0 Å². The van der Waals surface area contributed by atoms with Gasteiger partial charge in [0, 0.05) is 83.0 Å². The zero-order valence-electron chi connectivity index (χ0n) is 43.5. The molecule has 2 saturated heterocycles. The molecule has 0 spiro atoms. The van der Waals surface area contributed by atoms with Crippen LogP contribution >= 0.6 is 12.4 Å². The topological polar surface area (TPSA) is 292 Å². The largest absolute Gasteiger partial charge is 0.481 e. The van der Waals surface area contributed by atoms with E-state index in [1.54, 1.807) is 15.8 Å². The molecule has 7 N–H and O–H groups in total. The average Bonchev–Trinajstić information content (AvgIpc) is 4.20. The van der Waals surface area contributed by atoms with E-state index < -0.39 is 18.1 Å². The van der Waals surface area contributed by atoms with Gasteiger partial charge in [-0.3, -0.25) is 14.4 Å². The summed E-state index contributed by atoms with van der Waals surface area (Å²) in [5.41, 5.74) is 16.0. The summed E-state index contributed by atoms with van der Waals surface area (Å²) in [6.45, 7) is 14.0. The van der Waals surface area contributed by atoms with Crippen molar-refractivity contribution in [2.75, 3.05) is 114 Å². The second-order valence-corrected chi connectivity index (χ2v) is 19.2. The number of nitrogens with zero attached hydrogens (tertiary/aromatic N) is 13. The first-order valence-electron chi connectivity index (χ1n) is 25.7. The van der Waals surface area contributed by atoms with Crippen LogP contribution in [0.3, 0.4) is 0 Å². The fourth-order valence-electron chi connectivity index (χ4n) is 8.95. The van der Waals surface area contributed by atoms with Crippen molar-refractivity contribution in [3.8, 4) is 12.3 Å². The minimum atomic E-state index is -1.01. The highest BCUT2D eigenvalue weighted by Gasteiger charge is 2.34. The van der Waals surface area contributed by atoms with Crippen LogP contribution in [-0.2, 0) is 35.0 Å². The predicted octanol–water partition coefficient (Wildman–Crippen LogP) is 3.03. The minimum absolute atomic E-state index is 0. The van der Waals surface area contributed by atoms with Gasteiger partial charge in [0.2, 0.25) is 29.7 Å². The van der Waals surface area contributed by atoms with Crippen molar-refractivity contribution in [1.82, 2.24) is 59.7 Å². The lowest BCUT2D eigenvalue weighted by atomic mass is 9.98. The third-order valence-corrected chi connectivity index (χ3v) is 13.4. The van der Waals surface area contributed by atoms with Gasteiger partial charge in [0.15, 0.2) is 0 Å². The van der Waals surface area contributed by atoms with Crippen LogP contribution < -0.4 is 26.6 Å². The summed E-state index contributed by atoms with van der Waals surface area (Å²) in [6.07, 6.45) is 10.4. The lowest BCUT2D eigenvalue weighted by Crippen LogP contribution is -2.52. The van der Waals surface area contributed by atoms with E-state index in [-0.39, 0.29) is 61.7 Å². The second kappa shape index (κ2) is 28.4. The van der Waals surface area contributed by atoms with Crippen LogP contribution in [0.4, 0.5) is 17.8 Å². The lowest BCUT2D eigenvalue weighted by molar-refractivity contribution is -0.139. The molecular weight excluding hydrogens is 986 g/mol. The first-order valence-corrected chi connectivity index (χ1v) is 25.7. The van der Waals surface area contributed by atoms with Crippen LogP contribution in [0.25, 0.3) is 10.9 Å². The van der Waals surface area contributed by atoms with Crippen LogP contribution in [0.15, 0.2) is 42.7 Å². The van der Waals surface area contributed by atoms with E-state index >= 15 is 0 Å². The number of nitrogens with one attached hydrogen (secondary N) is 2. The average molecular weight is 1060 g/mol. The number of carbonyl (C=O) groups is 3. The first kappa shape index (κ1) is 57.8. The maximum Gasteiger partial charge on any atom is 0.303 e. The number of rotatable bonds is 28. The molecule has 0 aliphatic carbocycles. The number of anilines is 3. The van der Waals surface area contributed by atoms with Crippen LogP contribution in [0.2, 0.25) is 0 Å². The van der Waals surface area contributed by atoms with E-state index in [0.717, 1.165) is 23.0 Å². The van der Waals surface area contributed by atoms with Crippen molar-refractivity contribution in [1.29, 1.82) is 0 Å². The van der Waals surface area contributed by atoms with Crippen molar-refractivity contribution >= 4 is 58.9 Å². The van der Waals surface area contributed by atoms with E-state index in [2.05, 4.69) is 70.6 Å². The van der Waals surface area contributed by atoms with Gasteiger partial charge in [-0.25, -0.2) is 9.36 Å². The zero-order chi connectivity index (χ0) is 52.6. The molecule has 75 heavy (non-hydrogen) atoms. The van der Waals surface area contributed by atoms with Gasteiger partial charge in [0.05, 0.1) is 68.9 Å². The number of carboxylic acids is 1. The number of fused-ring (bicyclic) bond motifs is 1. The molecule has 0 bridgehead atoms. The summed E-state index contributed by atoms with van der Waals surface area (Å²) in [5, 5.41) is 31.3. The highest BCUT2D eigenvalue weighted by atomic mass is 35.5. The number of amides is 2. The fourth-order valence-corrected chi connectivity index (χ4v) is 8.95. The van der Waals surface area contributed by atoms with Crippen LogP contribution in [0.1, 0.15) is 94.6 Å². The number of H-pyrrole nitrogens is 1. The molecule has 2 aliphatic heterocycles. The number of carboxylic acid groups (broad SMARTS) is 1. The SMILES string of the molecule is C#CCOCCOCCOCCNc1nc(N2CCN(C(=O)[C@@H](Cc3cc4ccccc4[nH]3)n3cc(C(N)[C@H](C)CC)nn3)CC2)nc(N2CCN(C(=O)[C@H](CCC(=O)O)n3cc(C(N)CC(C)C)nn3)CC2)n1.Cl. The standard InChI is InChI=1S/C50H73N17O7.ClH/c1-6-23-72-25-27-74-28-26-73-24-14-53-48-55-49(64-19-15-62(16-20-64)46(70)42(12-13-44(68)69)66-32-40(58-60-66)38(51)29-34(3)4)57-50(56-48)65-21-17-63(18-22-65)47(71)43(31-37-30-36-10-8-9-11-39(36)54-37)67-33-41(59-61-67)45(52)35(5)7-2;/h1,8-11,30,32-35,38,42-43,45,54H,7,12-29,31,51-52H2,2-5H3,(H,68,69)(H,53,55,56,57);1H/t35-,38?,42+,43-,45?;/m1./s1. The van der Waals surface area contributed by atoms with Crippen LogP contribution in [-0.4, -0.2) is 181 Å². The summed E-state index contributed by atoms with van der Waals surface area (Å²) >= 11 is 0. The number of nitrogens with two attached hydrogens (primary N) is 2. The number of terminal acetylenes is 1. The number of aliphatic carboxylic acids is 1.